The monoisotopic (exact) mass is 446 g/mol. The summed E-state index contributed by atoms with van der Waals surface area (Å²) in [5.41, 5.74) is 0.524. The average Bonchev–Trinajstić information content (AvgIpc) is 2.50. The summed E-state index contributed by atoms with van der Waals surface area (Å²) in [5, 5.41) is 34.0. The van der Waals surface area contributed by atoms with Crippen molar-refractivity contribution in [1.82, 2.24) is 9.97 Å². The molecule has 126 valence electrons. The van der Waals surface area contributed by atoms with Crippen molar-refractivity contribution < 1.29 is 39.6 Å². The second-order valence-electron chi connectivity index (χ2n) is 2.66. The van der Waals surface area contributed by atoms with Crippen LogP contribution in [0.3, 0.4) is 0 Å². The Balaban J connectivity index is -0.000000130. The van der Waals surface area contributed by atoms with Gasteiger partial charge in [0.1, 0.15) is 0 Å². The van der Waals surface area contributed by atoms with E-state index in [2.05, 4.69) is 9.97 Å². The number of aromatic nitrogens is 2. The maximum absolute atomic E-state index is 10.7. The van der Waals surface area contributed by atoms with Crippen LogP contribution < -0.4 is 26.1 Å². The van der Waals surface area contributed by atoms with Crippen molar-refractivity contribution >= 4 is 60.7 Å². The summed E-state index contributed by atoms with van der Waals surface area (Å²) in [6.45, 7) is -2.00. The molecule has 0 aliphatic carbocycles. The van der Waals surface area contributed by atoms with Crippen LogP contribution in [0, 0.1) is 0 Å². The minimum atomic E-state index is -0.500. The standard InChI is InChI=1S/C8H6N2O.4CH2O2.Sn/c11-8-9-5-6-3-1-2-4-7(6)10-8;4*2-1-3;/h1-5H,(H,9,10,11);4*1H,(H,2,3);/q;;;;;+4/p-4. The predicted molar refractivity (Wildman–Crippen MR) is 72.4 cm³/mol. The Morgan fingerprint density at radius 3 is 1.62 bits per heavy atom. The summed E-state index contributed by atoms with van der Waals surface area (Å²) in [4.78, 5) is 49.9. The van der Waals surface area contributed by atoms with Crippen molar-refractivity contribution in [1.29, 1.82) is 0 Å². The van der Waals surface area contributed by atoms with Crippen molar-refractivity contribution in [3.63, 3.8) is 0 Å². The minimum Gasteiger partial charge on any atom is -0.554 e. The van der Waals surface area contributed by atoms with Gasteiger partial charge >= 0.3 is 29.6 Å². The normalized spacial score (nSPS) is 6.67. The predicted octanol–water partition coefficient (Wildman–Crippen LogP) is -5.99. The Morgan fingerprint density at radius 2 is 1.21 bits per heavy atom. The number of carboxylic acid groups (broad SMARTS) is 4. The van der Waals surface area contributed by atoms with Gasteiger partial charge < -0.3 is 44.6 Å². The summed E-state index contributed by atoms with van der Waals surface area (Å²) in [7, 11) is 0. The number of carbonyl (C=O) groups excluding carboxylic acids is 4. The van der Waals surface area contributed by atoms with Gasteiger partial charge in [-0.25, -0.2) is 9.78 Å². The van der Waals surface area contributed by atoms with Gasteiger partial charge in [-0.3, -0.25) is 0 Å². The summed E-state index contributed by atoms with van der Waals surface area (Å²) < 4.78 is 0. The molecule has 1 heterocycles. The number of aromatic amines is 1. The van der Waals surface area contributed by atoms with E-state index in [4.69, 9.17) is 39.6 Å². The fourth-order valence-corrected chi connectivity index (χ4v) is 0.999. The fourth-order valence-electron chi connectivity index (χ4n) is 0.999. The molecule has 0 bridgehead atoms. The summed E-state index contributed by atoms with van der Waals surface area (Å²) in [6.07, 6.45) is 1.56. The van der Waals surface area contributed by atoms with E-state index >= 15 is 0 Å². The largest absolute Gasteiger partial charge is 4.00 e. The van der Waals surface area contributed by atoms with Crippen LogP contribution in [0.15, 0.2) is 35.3 Å². The molecule has 1 aromatic heterocycles. The minimum absolute atomic E-state index is 0. The molecule has 24 heavy (non-hydrogen) atoms. The number of carbonyl (C=O) groups is 4. The molecule has 2 aromatic rings. The van der Waals surface area contributed by atoms with E-state index in [9.17, 15) is 4.79 Å². The van der Waals surface area contributed by atoms with E-state index in [-0.39, 0.29) is 29.6 Å². The van der Waals surface area contributed by atoms with Gasteiger partial charge in [0.05, 0.1) is 5.52 Å². The number of H-pyrrole nitrogens is 1. The molecule has 12 heteroatoms. The van der Waals surface area contributed by atoms with E-state index in [0.717, 1.165) is 10.9 Å². The molecule has 2 rings (SSSR count). The van der Waals surface area contributed by atoms with Crippen molar-refractivity contribution in [2.24, 2.45) is 0 Å². The zero-order valence-corrected chi connectivity index (χ0v) is 14.7. The van der Waals surface area contributed by atoms with Crippen molar-refractivity contribution in [3.05, 3.63) is 40.9 Å². The summed E-state index contributed by atoms with van der Waals surface area (Å²) in [5.74, 6) is 0. The van der Waals surface area contributed by atoms with Crippen molar-refractivity contribution in [2.75, 3.05) is 0 Å². The molecule has 0 saturated heterocycles. The van der Waals surface area contributed by atoms with Crippen molar-refractivity contribution in [3.8, 4) is 0 Å². The van der Waals surface area contributed by atoms with Crippen LogP contribution >= 0.6 is 0 Å². The Hall–Kier alpha value is -2.96. The maximum Gasteiger partial charge on any atom is 4.00 e. The van der Waals surface area contributed by atoms with Gasteiger partial charge in [-0.05, 0) is 6.07 Å². The molecular formula is C12H10N2O9Sn. The summed E-state index contributed by atoms with van der Waals surface area (Å²) in [6, 6.07) is 7.53. The van der Waals surface area contributed by atoms with Crippen LogP contribution in [0.2, 0.25) is 0 Å². The van der Waals surface area contributed by atoms with Crippen LogP contribution in [0.4, 0.5) is 0 Å². The molecule has 0 spiro atoms. The molecule has 1 aromatic carbocycles. The molecule has 11 nitrogen and oxygen atoms in total. The summed E-state index contributed by atoms with van der Waals surface area (Å²) >= 11 is 0. The van der Waals surface area contributed by atoms with E-state index in [1.54, 1.807) is 6.20 Å². The number of hydrogen-bond donors (Lipinski definition) is 1. The first-order valence-corrected chi connectivity index (χ1v) is 5.19. The zero-order chi connectivity index (χ0) is 18.5. The Morgan fingerprint density at radius 1 is 0.833 bits per heavy atom. The molecule has 0 saturated carbocycles. The van der Waals surface area contributed by atoms with E-state index in [1.807, 2.05) is 24.3 Å². The van der Waals surface area contributed by atoms with Gasteiger partial charge in [0.25, 0.3) is 0 Å². The zero-order valence-electron chi connectivity index (χ0n) is 11.8. The first-order chi connectivity index (χ1) is 11.0. The van der Waals surface area contributed by atoms with Gasteiger partial charge in [-0.1, -0.05) is 18.2 Å². The van der Waals surface area contributed by atoms with Gasteiger partial charge in [0.15, 0.2) is 0 Å². The van der Waals surface area contributed by atoms with Crippen molar-refractivity contribution in [2.45, 2.75) is 0 Å². The first kappa shape index (κ1) is 29.1. The van der Waals surface area contributed by atoms with Gasteiger partial charge in [-0.2, -0.15) is 0 Å². The third-order valence-electron chi connectivity index (χ3n) is 1.52. The molecule has 0 atom stereocenters. The van der Waals surface area contributed by atoms with Gasteiger partial charge in [0.2, 0.25) is 0 Å². The van der Waals surface area contributed by atoms with Crippen LogP contribution in [-0.2, 0) is 19.2 Å². The van der Waals surface area contributed by atoms with Crippen LogP contribution in [0.1, 0.15) is 0 Å². The number of benzene rings is 1. The number of nitrogens with one attached hydrogen (secondary N) is 1. The van der Waals surface area contributed by atoms with Gasteiger partial charge in [0, 0.05) is 37.5 Å². The molecular weight excluding hydrogens is 435 g/mol. The quantitative estimate of drug-likeness (QED) is 0.300. The third-order valence-corrected chi connectivity index (χ3v) is 1.52. The first-order valence-electron chi connectivity index (χ1n) is 5.19. The second-order valence-corrected chi connectivity index (χ2v) is 2.66. The topological polar surface area (TPSA) is 206 Å². The Labute approximate surface area is 151 Å². The van der Waals surface area contributed by atoms with E-state index in [1.165, 1.54) is 0 Å². The number of rotatable bonds is 0. The molecule has 0 aliphatic rings. The molecule has 0 unspecified atom stereocenters. The SMILES string of the molecule is O=C[O-].O=C[O-].O=C[O-].O=C[O-].O=c1ncc2ccccc2[nH]1.[Sn+4]. The molecule has 0 radical (unpaired) electrons. The van der Waals surface area contributed by atoms with Crippen LogP contribution in [0.5, 0.6) is 0 Å². The Bertz CT molecular complexity index is 595. The molecule has 0 fully saturated rings. The molecule has 0 amide bonds. The second kappa shape index (κ2) is 25.0. The van der Waals surface area contributed by atoms with Crippen LogP contribution in [0.25, 0.3) is 10.9 Å². The maximum atomic E-state index is 10.7. The number of para-hydroxylation sites is 1. The molecule has 1 N–H and O–H groups in total. The Kier molecular flexibility index (Phi) is 30.3. The average molecular weight is 445 g/mol. The number of nitrogens with zero attached hydrogens (tertiary/aromatic N) is 1. The fraction of sp³-hybridized carbons (Fsp3) is 0. The van der Waals surface area contributed by atoms with E-state index < -0.39 is 25.9 Å². The third kappa shape index (κ3) is 21.3. The van der Waals surface area contributed by atoms with Crippen LogP contribution in [-0.4, -0.2) is 59.8 Å². The number of hydrogen-bond acceptors (Lipinski definition) is 10. The van der Waals surface area contributed by atoms with E-state index in [0.29, 0.717) is 0 Å². The molecule has 0 aliphatic heterocycles. The van der Waals surface area contributed by atoms with Gasteiger partial charge in [-0.15, -0.1) is 0 Å². The smallest absolute Gasteiger partial charge is 0.554 e. The number of fused-ring (bicyclic) bond motifs is 1.